The van der Waals surface area contributed by atoms with Crippen molar-refractivity contribution in [2.45, 2.75) is 336 Å². The molecule has 0 aliphatic rings. The summed E-state index contributed by atoms with van der Waals surface area (Å²) < 4.78 is 16.8. The molecule has 0 amide bonds. The third kappa shape index (κ3) is 51.4. The van der Waals surface area contributed by atoms with E-state index in [9.17, 15) is 14.4 Å². The zero-order chi connectivity index (χ0) is 46.7. The molecule has 1 atom stereocenters. The van der Waals surface area contributed by atoms with Crippen molar-refractivity contribution in [3.05, 3.63) is 0 Å². The van der Waals surface area contributed by atoms with Gasteiger partial charge in [0, 0.05) is 19.3 Å². The minimum Gasteiger partial charge on any atom is -0.462 e. The Morgan fingerprint density at radius 3 is 0.766 bits per heavy atom. The Balaban J connectivity index is 4.17. The van der Waals surface area contributed by atoms with Crippen LogP contribution in [0.25, 0.3) is 0 Å². The van der Waals surface area contributed by atoms with Crippen LogP contribution in [-0.4, -0.2) is 37.2 Å². The molecule has 0 N–H and O–H groups in total. The molecule has 0 fully saturated rings. The topological polar surface area (TPSA) is 78.9 Å². The lowest BCUT2D eigenvalue weighted by molar-refractivity contribution is -0.167. The normalized spacial score (nSPS) is 12.0. The van der Waals surface area contributed by atoms with E-state index in [2.05, 4.69) is 27.7 Å². The molecule has 0 aromatic carbocycles. The molecule has 0 bridgehead atoms. The zero-order valence-corrected chi connectivity index (χ0v) is 43.8. The minimum atomic E-state index is -0.762. The number of ether oxygens (including phenoxy) is 3. The quantitative estimate of drug-likeness (QED) is 0.0344. The second-order valence-corrected chi connectivity index (χ2v) is 20.4. The molecule has 6 heteroatoms. The number of hydrogen-bond acceptors (Lipinski definition) is 6. The molecule has 0 aromatic heterocycles. The van der Waals surface area contributed by atoms with E-state index in [4.69, 9.17) is 14.2 Å². The van der Waals surface area contributed by atoms with E-state index in [0.717, 1.165) is 63.7 Å². The van der Waals surface area contributed by atoms with Gasteiger partial charge in [0.1, 0.15) is 13.2 Å². The summed E-state index contributed by atoms with van der Waals surface area (Å²) in [6.07, 6.45) is 56.9. The van der Waals surface area contributed by atoms with E-state index in [-0.39, 0.29) is 31.1 Å². The first-order valence-electron chi connectivity index (χ1n) is 28.9. The first-order chi connectivity index (χ1) is 31.4. The summed E-state index contributed by atoms with van der Waals surface area (Å²) >= 11 is 0. The van der Waals surface area contributed by atoms with Gasteiger partial charge >= 0.3 is 17.9 Å². The maximum atomic E-state index is 12.8. The van der Waals surface area contributed by atoms with Gasteiger partial charge < -0.3 is 14.2 Å². The summed E-state index contributed by atoms with van der Waals surface area (Å²) in [5, 5.41) is 0. The SMILES string of the molecule is CCCCCCCCCCCCCCCCCCCCCC(=O)OC[C@H](COC(=O)CCCCCCCCCCCCCCCCCCCC)OC(=O)CCCCCCCCC(C)C. The fraction of sp³-hybridized carbons (Fsp3) is 0.948. The molecular formula is C58H112O6. The van der Waals surface area contributed by atoms with Crippen molar-refractivity contribution in [3.8, 4) is 0 Å². The van der Waals surface area contributed by atoms with E-state index in [1.165, 1.54) is 225 Å². The number of carbonyl (C=O) groups is 3. The van der Waals surface area contributed by atoms with Crippen LogP contribution in [0.4, 0.5) is 0 Å². The second kappa shape index (κ2) is 52.4. The molecule has 0 aliphatic carbocycles. The first kappa shape index (κ1) is 62.4. The van der Waals surface area contributed by atoms with Gasteiger partial charge in [-0.05, 0) is 25.2 Å². The van der Waals surface area contributed by atoms with Crippen LogP contribution in [0, 0.1) is 5.92 Å². The number of rotatable bonds is 53. The van der Waals surface area contributed by atoms with E-state index >= 15 is 0 Å². The average Bonchev–Trinajstić information content (AvgIpc) is 3.28. The molecule has 0 aromatic rings. The summed E-state index contributed by atoms with van der Waals surface area (Å²) in [5.74, 6) is -0.0847. The summed E-state index contributed by atoms with van der Waals surface area (Å²) in [6.45, 7) is 8.98. The lowest BCUT2D eigenvalue weighted by atomic mass is 10.0. The Kier molecular flexibility index (Phi) is 51.1. The van der Waals surface area contributed by atoms with E-state index < -0.39 is 6.10 Å². The van der Waals surface area contributed by atoms with Crippen LogP contribution in [0.15, 0.2) is 0 Å². The van der Waals surface area contributed by atoms with Gasteiger partial charge in [0.25, 0.3) is 0 Å². The number of unbranched alkanes of at least 4 members (excludes halogenated alkanes) is 40. The maximum absolute atomic E-state index is 12.8. The molecular weight excluding hydrogens is 793 g/mol. The Labute approximate surface area is 399 Å². The van der Waals surface area contributed by atoms with Gasteiger partial charge in [-0.25, -0.2) is 0 Å². The van der Waals surface area contributed by atoms with Gasteiger partial charge in [0.05, 0.1) is 0 Å². The Hall–Kier alpha value is -1.59. The van der Waals surface area contributed by atoms with Crippen LogP contribution in [0.2, 0.25) is 0 Å². The maximum Gasteiger partial charge on any atom is 0.306 e. The largest absolute Gasteiger partial charge is 0.462 e. The van der Waals surface area contributed by atoms with Gasteiger partial charge in [0.15, 0.2) is 6.10 Å². The average molecular weight is 906 g/mol. The van der Waals surface area contributed by atoms with Gasteiger partial charge in [-0.2, -0.15) is 0 Å². The summed E-state index contributed by atoms with van der Waals surface area (Å²) in [7, 11) is 0. The number of carbonyl (C=O) groups excluding carboxylic acids is 3. The van der Waals surface area contributed by atoms with E-state index in [1.807, 2.05) is 0 Å². The van der Waals surface area contributed by atoms with E-state index in [0.29, 0.717) is 19.3 Å². The zero-order valence-electron chi connectivity index (χ0n) is 43.8. The third-order valence-electron chi connectivity index (χ3n) is 13.3. The minimum absolute atomic E-state index is 0.0635. The highest BCUT2D eigenvalue weighted by Crippen LogP contribution is 2.18. The Bertz CT molecular complexity index is 964. The fourth-order valence-corrected chi connectivity index (χ4v) is 8.92. The van der Waals surface area contributed by atoms with Crippen LogP contribution < -0.4 is 0 Å². The van der Waals surface area contributed by atoms with Crippen LogP contribution in [0.5, 0.6) is 0 Å². The third-order valence-corrected chi connectivity index (χ3v) is 13.3. The molecule has 6 nitrogen and oxygen atoms in total. The highest BCUT2D eigenvalue weighted by molar-refractivity contribution is 5.71. The van der Waals surface area contributed by atoms with Crippen molar-refractivity contribution < 1.29 is 28.6 Å². The van der Waals surface area contributed by atoms with Crippen molar-refractivity contribution in [1.82, 2.24) is 0 Å². The Morgan fingerprint density at radius 2 is 0.516 bits per heavy atom. The smallest absolute Gasteiger partial charge is 0.306 e. The van der Waals surface area contributed by atoms with Crippen molar-refractivity contribution in [1.29, 1.82) is 0 Å². The van der Waals surface area contributed by atoms with Gasteiger partial charge in [-0.3, -0.25) is 14.4 Å². The van der Waals surface area contributed by atoms with Gasteiger partial charge in [-0.15, -0.1) is 0 Å². The molecule has 0 spiro atoms. The molecule has 0 rings (SSSR count). The molecule has 380 valence electrons. The van der Waals surface area contributed by atoms with Crippen LogP contribution in [0.1, 0.15) is 329 Å². The van der Waals surface area contributed by atoms with Gasteiger partial charge in [0.2, 0.25) is 0 Å². The molecule has 0 unspecified atom stereocenters. The number of esters is 3. The van der Waals surface area contributed by atoms with Crippen molar-refractivity contribution in [2.24, 2.45) is 5.92 Å². The van der Waals surface area contributed by atoms with Crippen LogP contribution >= 0.6 is 0 Å². The van der Waals surface area contributed by atoms with Crippen molar-refractivity contribution in [2.75, 3.05) is 13.2 Å². The fourth-order valence-electron chi connectivity index (χ4n) is 8.92. The second-order valence-electron chi connectivity index (χ2n) is 20.4. The monoisotopic (exact) mass is 905 g/mol. The van der Waals surface area contributed by atoms with E-state index in [1.54, 1.807) is 0 Å². The summed E-state index contributed by atoms with van der Waals surface area (Å²) in [5.41, 5.74) is 0. The molecule has 0 aliphatic heterocycles. The lowest BCUT2D eigenvalue weighted by Crippen LogP contribution is -2.30. The first-order valence-corrected chi connectivity index (χ1v) is 28.9. The standard InChI is InChI=1S/C58H112O6/c1-5-7-9-11-13-15-17-19-21-23-25-27-29-31-33-35-37-42-46-50-57(60)63-53-55(64-58(61)51-47-43-39-38-40-44-48-54(3)4)52-62-56(59)49-45-41-36-34-32-30-28-26-24-22-20-18-16-14-12-10-8-6-2/h54-55H,5-53H2,1-4H3/t55-/m0/s1. The predicted molar refractivity (Wildman–Crippen MR) is 275 cm³/mol. The molecule has 0 radical (unpaired) electrons. The van der Waals surface area contributed by atoms with Crippen molar-refractivity contribution >= 4 is 17.9 Å². The predicted octanol–water partition coefficient (Wildman–Crippen LogP) is 19.0. The van der Waals surface area contributed by atoms with Crippen LogP contribution in [0.3, 0.4) is 0 Å². The summed E-state index contributed by atoms with van der Waals surface area (Å²) in [6, 6.07) is 0. The highest BCUT2D eigenvalue weighted by Gasteiger charge is 2.19. The van der Waals surface area contributed by atoms with Crippen molar-refractivity contribution in [3.63, 3.8) is 0 Å². The van der Waals surface area contributed by atoms with Crippen LogP contribution in [-0.2, 0) is 28.6 Å². The molecule has 0 saturated carbocycles. The summed E-state index contributed by atoms with van der Waals surface area (Å²) in [4.78, 5) is 38.0. The Morgan fingerprint density at radius 1 is 0.297 bits per heavy atom. The molecule has 0 saturated heterocycles. The highest BCUT2D eigenvalue weighted by atomic mass is 16.6. The van der Waals surface area contributed by atoms with Gasteiger partial charge in [-0.1, -0.05) is 291 Å². The number of hydrogen-bond donors (Lipinski definition) is 0. The molecule has 0 heterocycles. The molecule has 64 heavy (non-hydrogen) atoms. The lowest BCUT2D eigenvalue weighted by Gasteiger charge is -2.18.